The number of rotatable bonds is 3. The van der Waals surface area contributed by atoms with Crippen LogP contribution in [0.3, 0.4) is 0 Å². The number of nitrogens with zero attached hydrogens (tertiary/aromatic N) is 1. The van der Waals surface area contributed by atoms with Crippen molar-refractivity contribution in [3.8, 4) is 11.3 Å². The zero-order chi connectivity index (χ0) is 10.7. The third-order valence-electron chi connectivity index (χ3n) is 2.18. The maximum Gasteiger partial charge on any atom is 0.222 e. The Bertz CT molecular complexity index is 434. The van der Waals surface area contributed by atoms with E-state index in [0.717, 1.165) is 16.8 Å². The van der Waals surface area contributed by atoms with Crippen LogP contribution in [0.4, 0.5) is 5.88 Å². The summed E-state index contributed by atoms with van der Waals surface area (Å²) in [5, 5.41) is 12.6. The van der Waals surface area contributed by atoms with Crippen molar-refractivity contribution in [3.63, 3.8) is 0 Å². The van der Waals surface area contributed by atoms with Crippen molar-refractivity contribution >= 4 is 5.88 Å². The lowest BCUT2D eigenvalue weighted by molar-refractivity contribution is 0.299. The molecule has 0 unspecified atom stereocenters. The predicted octanol–water partition coefficient (Wildman–Crippen LogP) is 1.46. The summed E-state index contributed by atoms with van der Waals surface area (Å²) in [6.07, 6.45) is 0.668. The lowest BCUT2D eigenvalue weighted by Crippen LogP contribution is -1.89. The average Bonchev–Trinajstić information content (AvgIpc) is 2.67. The Kier molecular flexibility index (Phi) is 2.69. The summed E-state index contributed by atoms with van der Waals surface area (Å²) in [5.74, 6) is 0.310. The van der Waals surface area contributed by atoms with Gasteiger partial charge in [0.05, 0.1) is 0 Å². The predicted molar refractivity (Wildman–Crippen MR) is 57.1 cm³/mol. The molecule has 0 atom stereocenters. The molecule has 0 fully saturated rings. The number of anilines is 1. The minimum atomic E-state index is 0.163. The molecule has 15 heavy (non-hydrogen) atoms. The Morgan fingerprint density at radius 3 is 2.53 bits per heavy atom. The number of hydrogen-bond donors (Lipinski definition) is 2. The maximum absolute atomic E-state index is 8.77. The van der Waals surface area contributed by atoms with E-state index in [1.807, 2.05) is 24.3 Å². The van der Waals surface area contributed by atoms with Crippen LogP contribution in [-0.4, -0.2) is 16.9 Å². The molecule has 0 bridgehead atoms. The van der Waals surface area contributed by atoms with Gasteiger partial charge in [0.1, 0.15) is 5.69 Å². The molecular formula is C11H12N2O2. The van der Waals surface area contributed by atoms with Crippen molar-refractivity contribution < 1.29 is 9.63 Å². The summed E-state index contributed by atoms with van der Waals surface area (Å²) in [7, 11) is 0. The second-order valence-electron chi connectivity index (χ2n) is 3.29. The highest BCUT2D eigenvalue weighted by atomic mass is 16.5. The Balaban J connectivity index is 2.23. The highest BCUT2D eigenvalue weighted by Gasteiger charge is 2.03. The third-order valence-corrected chi connectivity index (χ3v) is 2.18. The third kappa shape index (κ3) is 2.16. The first kappa shape index (κ1) is 9.73. The summed E-state index contributed by atoms with van der Waals surface area (Å²) < 4.78 is 4.78. The fourth-order valence-corrected chi connectivity index (χ4v) is 1.40. The van der Waals surface area contributed by atoms with E-state index in [0.29, 0.717) is 12.3 Å². The van der Waals surface area contributed by atoms with E-state index >= 15 is 0 Å². The number of aliphatic hydroxyl groups excluding tert-OH is 1. The highest BCUT2D eigenvalue weighted by Crippen LogP contribution is 2.20. The Morgan fingerprint density at radius 2 is 2.00 bits per heavy atom. The van der Waals surface area contributed by atoms with Gasteiger partial charge in [-0.3, -0.25) is 0 Å². The normalized spacial score (nSPS) is 10.5. The number of nitrogen functional groups attached to an aromatic ring is 1. The summed E-state index contributed by atoms with van der Waals surface area (Å²) in [4.78, 5) is 0. The number of aromatic nitrogens is 1. The Hall–Kier alpha value is -1.81. The Labute approximate surface area is 87.3 Å². The van der Waals surface area contributed by atoms with Crippen molar-refractivity contribution in [2.45, 2.75) is 6.42 Å². The second kappa shape index (κ2) is 4.14. The zero-order valence-corrected chi connectivity index (χ0v) is 8.18. The quantitative estimate of drug-likeness (QED) is 0.793. The van der Waals surface area contributed by atoms with Gasteiger partial charge in [-0.05, 0) is 12.0 Å². The topological polar surface area (TPSA) is 72.3 Å². The molecule has 0 aliphatic heterocycles. The minimum absolute atomic E-state index is 0.163. The van der Waals surface area contributed by atoms with Gasteiger partial charge < -0.3 is 15.4 Å². The van der Waals surface area contributed by atoms with E-state index in [1.54, 1.807) is 6.07 Å². The molecule has 4 heteroatoms. The van der Waals surface area contributed by atoms with Gasteiger partial charge in [0, 0.05) is 18.2 Å². The molecule has 0 spiro atoms. The molecule has 0 radical (unpaired) electrons. The van der Waals surface area contributed by atoms with Crippen molar-refractivity contribution in [1.82, 2.24) is 5.16 Å². The molecule has 4 nitrogen and oxygen atoms in total. The van der Waals surface area contributed by atoms with Crippen LogP contribution >= 0.6 is 0 Å². The van der Waals surface area contributed by atoms with Crippen molar-refractivity contribution in [3.05, 3.63) is 35.9 Å². The molecule has 3 N–H and O–H groups in total. The van der Waals surface area contributed by atoms with Crippen molar-refractivity contribution in [2.75, 3.05) is 12.3 Å². The van der Waals surface area contributed by atoms with E-state index in [4.69, 9.17) is 15.4 Å². The fraction of sp³-hybridized carbons (Fsp3) is 0.182. The van der Waals surface area contributed by atoms with Crippen LogP contribution in [0.25, 0.3) is 11.3 Å². The first-order valence-electron chi connectivity index (χ1n) is 4.72. The number of nitrogens with two attached hydrogens (primary N) is 1. The maximum atomic E-state index is 8.77. The van der Waals surface area contributed by atoms with E-state index in [-0.39, 0.29) is 6.61 Å². The van der Waals surface area contributed by atoms with Gasteiger partial charge in [-0.2, -0.15) is 0 Å². The van der Waals surface area contributed by atoms with Gasteiger partial charge in [-0.1, -0.05) is 29.4 Å². The molecule has 78 valence electrons. The molecule has 0 amide bonds. The lowest BCUT2D eigenvalue weighted by atomic mass is 10.1. The molecule has 2 rings (SSSR count). The average molecular weight is 204 g/mol. The zero-order valence-electron chi connectivity index (χ0n) is 8.18. The van der Waals surface area contributed by atoms with Gasteiger partial charge in [-0.15, -0.1) is 0 Å². The van der Waals surface area contributed by atoms with Crippen molar-refractivity contribution in [2.24, 2.45) is 0 Å². The van der Waals surface area contributed by atoms with Gasteiger partial charge in [-0.25, -0.2) is 0 Å². The van der Waals surface area contributed by atoms with Crippen LogP contribution < -0.4 is 5.73 Å². The van der Waals surface area contributed by atoms with Crippen LogP contribution in [0.1, 0.15) is 5.56 Å². The molecule has 1 aromatic carbocycles. The van der Waals surface area contributed by atoms with Crippen LogP contribution in [0.2, 0.25) is 0 Å². The van der Waals surface area contributed by atoms with Gasteiger partial charge >= 0.3 is 0 Å². The van der Waals surface area contributed by atoms with E-state index in [1.165, 1.54) is 0 Å². The highest BCUT2D eigenvalue weighted by molar-refractivity contribution is 5.61. The van der Waals surface area contributed by atoms with Gasteiger partial charge in [0.2, 0.25) is 5.88 Å². The van der Waals surface area contributed by atoms with Crippen LogP contribution in [0.5, 0.6) is 0 Å². The SMILES string of the molecule is Nc1cc(-c2ccc(CCO)cc2)no1. The first-order chi connectivity index (χ1) is 7.29. The smallest absolute Gasteiger partial charge is 0.222 e. The standard InChI is InChI=1S/C11H12N2O2/c12-11-7-10(13-15-11)9-3-1-8(2-4-9)5-6-14/h1-4,7,14H,5-6,12H2. The molecular weight excluding hydrogens is 192 g/mol. The molecule has 0 saturated heterocycles. The van der Waals surface area contributed by atoms with Gasteiger partial charge in [0.15, 0.2) is 0 Å². The molecule has 0 aliphatic rings. The van der Waals surface area contributed by atoms with Crippen LogP contribution in [-0.2, 0) is 6.42 Å². The van der Waals surface area contributed by atoms with Crippen molar-refractivity contribution in [1.29, 1.82) is 0 Å². The summed E-state index contributed by atoms with van der Waals surface area (Å²) in [5.41, 5.74) is 8.21. The van der Waals surface area contributed by atoms with E-state index in [9.17, 15) is 0 Å². The number of hydrogen-bond acceptors (Lipinski definition) is 4. The Morgan fingerprint density at radius 1 is 1.27 bits per heavy atom. The molecule has 1 aromatic heterocycles. The number of benzene rings is 1. The van der Waals surface area contributed by atoms with Crippen LogP contribution in [0.15, 0.2) is 34.9 Å². The number of aliphatic hydroxyl groups is 1. The van der Waals surface area contributed by atoms with Crippen LogP contribution in [0, 0.1) is 0 Å². The summed E-state index contributed by atoms with van der Waals surface area (Å²) in [6, 6.07) is 9.46. The lowest BCUT2D eigenvalue weighted by Gasteiger charge is -1.99. The summed E-state index contributed by atoms with van der Waals surface area (Å²) in [6.45, 7) is 0.163. The van der Waals surface area contributed by atoms with E-state index in [2.05, 4.69) is 5.16 Å². The van der Waals surface area contributed by atoms with Gasteiger partial charge in [0.25, 0.3) is 0 Å². The minimum Gasteiger partial charge on any atom is -0.396 e. The second-order valence-corrected chi connectivity index (χ2v) is 3.29. The van der Waals surface area contributed by atoms with E-state index < -0.39 is 0 Å². The largest absolute Gasteiger partial charge is 0.396 e. The molecule has 1 heterocycles. The molecule has 0 saturated carbocycles. The monoisotopic (exact) mass is 204 g/mol. The summed E-state index contributed by atoms with van der Waals surface area (Å²) >= 11 is 0. The first-order valence-corrected chi connectivity index (χ1v) is 4.72. The molecule has 0 aliphatic carbocycles. The molecule has 2 aromatic rings. The fourth-order valence-electron chi connectivity index (χ4n) is 1.40.